The molecule has 164 valence electrons. The average molecular weight is 430 g/mol. The number of esters is 1. The first kappa shape index (κ1) is 18.1. The Morgan fingerprint density at radius 3 is 2.81 bits per heavy atom. The Morgan fingerprint density at radius 1 is 1.09 bits per heavy atom. The van der Waals surface area contributed by atoms with Crippen LogP contribution in [-0.4, -0.2) is 47.8 Å². The third-order valence-electron chi connectivity index (χ3n) is 9.23. The van der Waals surface area contributed by atoms with Gasteiger partial charge < -0.3 is 14.2 Å². The van der Waals surface area contributed by atoms with Gasteiger partial charge in [0.2, 0.25) is 0 Å². The predicted octanol–water partition coefficient (Wildman–Crippen LogP) is 3.88. The van der Waals surface area contributed by atoms with Crippen molar-refractivity contribution in [2.45, 2.75) is 67.8 Å². The molecule has 5 nitrogen and oxygen atoms in total. The number of benzene rings is 2. The van der Waals surface area contributed by atoms with Crippen molar-refractivity contribution in [3.05, 3.63) is 59.2 Å². The number of fused-ring (bicyclic) bond motifs is 2. The van der Waals surface area contributed by atoms with Gasteiger partial charge in [-0.1, -0.05) is 24.3 Å². The minimum atomic E-state index is -0.332. The van der Waals surface area contributed by atoms with Gasteiger partial charge in [-0.3, -0.25) is 4.90 Å². The number of rotatable bonds is 4. The van der Waals surface area contributed by atoms with Crippen LogP contribution in [0, 0.1) is 5.92 Å². The summed E-state index contributed by atoms with van der Waals surface area (Å²) in [6.45, 7) is 2.34. The van der Waals surface area contributed by atoms with Gasteiger partial charge in [-0.15, -0.1) is 0 Å². The summed E-state index contributed by atoms with van der Waals surface area (Å²) >= 11 is 0. The molecule has 0 radical (unpaired) electrons. The van der Waals surface area contributed by atoms with E-state index in [0.29, 0.717) is 17.4 Å². The highest BCUT2D eigenvalue weighted by molar-refractivity contribution is 5.91. The number of likely N-dealkylation sites (tertiary alicyclic amines) is 1. The number of nitrogens with zero attached hydrogens (tertiary/aromatic N) is 1. The Kier molecular flexibility index (Phi) is 3.36. The molecule has 4 fully saturated rings. The zero-order chi connectivity index (χ0) is 21.1. The molecule has 2 aromatic rings. The number of piperidine rings is 1. The fourth-order valence-electron chi connectivity index (χ4n) is 7.84. The van der Waals surface area contributed by atoms with E-state index < -0.39 is 0 Å². The van der Waals surface area contributed by atoms with Gasteiger partial charge in [0.1, 0.15) is 6.10 Å². The lowest BCUT2D eigenvalue weighted by atomic mass is 9.51. The van der Waals surface area contributed by atoms with Crippen LogP contribution < -0.4 is 9.47 Å². The molecule has 2 aromatic carbocycles. The van der Waals surface area contributed by atoms with Gasteiger partial charge in [-0.25, -0.2) is 4.79 Å². The molecule has 0 aromatic heterocycles. The summed E-state index contributed by atoms with van der Waals surface area (Å²) in [7, 11) is 0. The molecule has 2 aliphatic carbocycles. The lowest BCUT2D eigenvalue weighted by Gasteiger charge is -2.59. The van der Waals surface area contributed by atoms with Gasteiger partial charge in [0, 0.05) is 18.2 Å². The van der Waals surface area contributed by atoms with Crippen molar-refractivity contribution in [1.29, 1.82) is 0 Å². The lowest BCUT2D eigenvalue weighted by Crippen LogP contribution is -2.71. The Bertz CT molecular complexity index is 1140. The van der Waals surface area contributed by atoms with Crippen LogP contribution in [0.4, 0.5) is 0 Å². The van der Waals surface area contributed by atoms with Crippen LogP contribution in [0.2, 0.25) is 0 Å². The molecule has 0 unspecified atom stereocenters. The van der Waals surface area contributed by atoms with Crippen molar-refractivity contribution in [3.8, 4) is 11.5 Å². The molecule has 1 saturated carbocycles. The van der Waals surface area contributed by atoms with Crippen LogP contribution in [0.5, 0.6) is 11.5 Å². The summed E-state index contributed by atoms with van der Waals surface area (Å²) in [5.41, 5.74) is 3.00. The van der Waals surface area contributed by atoms with Gasteiger partial charge in [0.05, 0.1) is 22.7 Å². The maximum absolute atomic E-state index is 12.8. The fraction of sp³-hybridized carbons (Fsp3) is 0.519. The first-order chi connectivity index (χ1) is 15.7. The second-order valence-corrected chi connectivity index (χ2v) is 10.7. The minimum Gasteiger partial charge on any atom is -0.482 e. The average Bonchev–Trinajstić information content (AvgIpc) is 3.30. The van der Waals surface area contributed by atoms with Crippen LogP contribution in [0.25, 0.3) is 0 Å². The van der Waals surface area contributed by atoms with E-state index in [9.17, 15) is 4.79 Å². The molecule has 8 rings (SSSR count). The van der Waals surface area contributed by atoms with Crippen LogP contribution in [0.15, 0.2) is 42.5 Å². The summed E-state index contributed by atoms with van der Waals surface area (Å²) in [6, 6.07) is 13.8. The number of ether oxygens (including phenoxy) is 3. The summed E-state index contributed by atoms with van der Waals surface area (Å²) < 4.78 is 19.5. The van der Waals surface area contributed by atoms with Crippen LogP contribution in [0.3, 0.4) is 0 Å². The molecule has 6 aliphatic rings. The van der Waals surface area contributed by atoms with Crippen molar-refractivity contribution in [3.63, 3.8) is 0 Å². The molecule has 32 heavy (non-hydrogen) atoms. The molecule has 5 atom stereocenters. The van der Waals surface area contributed by atoms with E-state index in [-0.39, 0.29) is 29.2 Å². The molecule has 4 bridgehead atoms. The summed E-state index contributed by atoms with van der Waals surface area (Å²) in [5, 5.41) is 0. The van der Waals surface area contributed by atoms with E-state index in [2.05, 4.69) is 11.0 Å². The second kappa shape index (κ2) is 5.95. The standard InChI is InChI=1S/C27H27NO4/c29-25(17-4-2-1-3-5-17)30-19-9-8-18-14-21-27-11-10-20(32-27)24-26(27,22(18)23(19)31-24)12-13-28(21)15-16-6-7-16/h1-5,8-9,16,20-21,24H,6-7,10-15H2/t20-,21+,24-,26-,27-/m0/s1. The molecular formula is C27H27NO4. The normalized spacial score (nSPS) is 37.8. The predicted molar refractivity (Wildman–Crippen MR) is 117 cm³/mol. The van der Waals surface area contributed by atoms with Gasteiger partial charge in [-0.05, 0) is 74.8 Å². The van der Waals surface area contributed by atoms with Crippen molar-refractivity contribution in [1.82, 2.24) is 4.90 Å². The van der Waals surface area contributed by atoms with Crippen LogP contribution in [0.1, 0.15) is 53.6 Å². The Labute approximate surface area is 187 Å². The molecule has 2 spiro atoms. The van der Waals surface area contributed by atoms with Gasteiger partial charge in [-0.2, -0.15) is 0 Å². The van der Waals surface area contributed by atoms with E-state index in [1.54, 1.807) is 12.1 Å². The van der Waals surface area contributed by atoms with Crippen LogP contribution >= 0.6 is 0 Å². The number of carbonyl (C=O) groups excluding carboxylic acids is 1. The smallest absolute Gasteiger partial charge is 0.343 e. The van der Waals surface area contributed by atoms with E-state index >= 15 is 0 Å². The molecule has 5 heteroatoms. The van der Waals surface area contributed by atoms with Gasteiger partial charge in [0.25, 0.3) is 0 Å². The highest BCUT2D eigenvalue weighted by Gasteiger charge is 2.79. The number of hydrogen-bond acceptors (Lipinski definition) is 5. The minimum absolute atomic E-state index is 0.0486. The second-order valence-electron chi connectivity index (χ2n) is 10.7. The molecule has 4 heterocycles. The quantitative estimate of drug-likeness (QED) is 0.545. The third-order valence-corrected chi connectivity index (χ3v) is 9.23. The van der Waals surface area contributed by atoms with E-state index in [0.717, 1.165) is 43.9 Å². The SMILES string of the molecule is O=C(Oc1ccc2c3c1O[C@H]1[C@@H]4CC[C@]5(O4)[C@@H](C2)N(CC2CC2)CC[C@]315)c1ccccc1. The zero-order valence-electron chi connectivity index (χ0n) is 18.1. The van der Waals surface area contributed by atoms with Crippen molar-refractivity contribution in [2.75, 3.05) is 13.1 Å². The van der Waals surface area contributed by atoms with Crippen molar-refractivity contribution < 1.29 is 19.0 Å². The molecular weight excluding hydrogens is 402 g/mol. The number of hydrogen-bond donors (Lipinski definition) is 0. The summed E-state index contributed by atoms with van der Waals surface area (Å²) in [5.74, 6) is 1.92. The summed E-state index contributed by atoms with van der Waals surface area (Å²) in [4.78, 5) is 15.6. The topological polar surface area (TPSA) is 48.0 Å². The third kappa shape index (κ3) is 2.06. The highest BCUT2D eigenvalue weighted by atomic mass is 16.6. The maximum Gasteiger partial charge on any atom is 0.343 e. The fourth-order valence-corrected chi connectivity index (χ4v) is 7.84. The highest BCUT2D eigenvalue weighted by Crippen LogP contribution is 2.71. The van der Waals surface area contributed by atoms with Crippen molar-refractivity contribution >= 4 is 5.97 Å². The Morgan fingerprint density at radius 2 is 1.97 bits per heavy atom. The lowest BCUT2D eigenvalue weighted by molar-refractivity contribution is -0.122. The van der Waals surface area contributed by atoms with E-state index in [1.165, 1.54) is 30.5 Å². The Balaban J connectivity index is 1.24. The Hall–Kier alpha value is -2.37. The molecule has 0 amide bonds. The number of carbonyl (C=O) groups is 1. The van der Waals surface area contributed by atoms with E-state index in [1.807, 2.05) is 24.3 Å². The van der Waals surface area contributed by atoms with Gasteiger partial charge >= 0.3 is 5.97 Å². The molecule has 4 aliphatic heterocycles. The zero-order valence-corrected chi connectivity index (χ0v) is 18.1. The van der Waals surface area contributed by atoms with Crippen LogP contribution in [-0.2, 0) is 16.6 Å². The molecule has 0 N–H and O–H groups in total. The van der Waals surface area contributed by atoms with Gasteiger partial charge in [0.15, 0.2) is 11.5 Å². The first-order valence-electron chi connectivity index (χ1n) is 12.2. The monoisotopic (exact) mass is 429 g/mol. The maximum atomic E-state index is 12.8. The molecule has 3 saturated heterocycles. The first-order valence-corrected chi connectivity index (χ1v) is 12.2. The van der Waals surface area contributed by atoms with Crippen molar-refractivity contribution in [2.24, 2.45) is 5.92 Å². The van der Waals surface area contributed by atoms with E-state index in [4.69, 9.17) is 14.2 Å². The summed E-state index contributed by atoms with van der Waals surface area (Å²) in [6.07, 6.45) is 7.24. The largest absolute Gasteiger partial charge is 0.482 e.